The molecule has 1 aromatic carbocycles. The van der Waals surface area contributed by atoms with Crippen LogP contribution in [0.25, 0.3) is 0 Å². The zero-order valence-corrected chi connectivity index (χ0v) is 18.8. The Morgan fingerprint density at radius 1 is 1.42 bits per heavy atom. The highest BCUT2D eigenvalue weighted by atomic mass is 32.1. The van der Waals surface area contributed by atoms with E-state index in [9.17, 15) is 24.7 Å². The van der Waals surface area contributed by atoms with Crippen LogP contribution in [0.2, 0.25) is 0 Å². The largest absolute Gasteiger partial charge is 0.530 e. The number of halogens is 1. The van der Waals surface area contributed by atoms with Gasteiger partial charge in [-0.2, -0.15) is 0 Å². The SMILES string of the molecule is COc1cccc2c1OP(=O)(OC[C@@]1(F)O[C@@H](n3cc(CO)c(=O)[nH]c3=S)[C@H](O)[C@@H]1O)OC2. The van der Waals surface area contributed by atoms with Crippen molar-refractivity contribution in [1.29, 1.82) is 0 Å². The van der Waals surface area contributed by atoms with Gasteiger partial charge in [-0.05, 0) is 18.3 Å². The standard InChI is InChI=1S/C18H20FN2O10PS/c1-27-11-4-2-3-9-7-28-32(26,31-13(9)11)29-8-18(19)14(24)12(23)16(30-18)21-5-10(6-22)15(25)20-17(21)33/h2-5,12,14,16,22-24H,6-8H2,1H3,(H,20,25,33)/t12-,14+,16-,18-,32?/m1/s1. The van der Waals surface area contributed by atoms with E-state index in [4.69, 9.17) is 35.3 Å². The third-order valence-electron chi connectivity index (χ3n) is 5.14. The average molecular weight is 506 g/mol. The highest BCUT2D eigenvalue weighted by Gasteiger charge is 2.57. The number of nitrogens with one attached hydrogen (secondary N) is 1. The first-order valence-corrected chi connectivity index (χ1v) is 11.4. The number of methoxy groups -OCH3 is 1. The van der Waals surface area contributed by atoms with Gasteiger partial charge < -0.3 is 29.3 Å². The molecule has 33 heavy (non-hydrogen) atoms. The lowest BCUT2D eigenvalue weighted by Gasteiger charge is -2.29. The lowest BCUT2D eigenvalue weighted by Crippen LogP contribution is -2.43. The number of aliphatic hydroxyl groups excluding tert-OH is 3. The molecule has 1 unspecified atom stereocenters. The quantitative estimate of drug-likeness (QED) is 0.327. The zero-order chi connectivity index (χ0) is 24.0. The molecule has 0 saturated carbocycles. The molecule has 2 aliphatic heterocycles. The second-order valence-electron chi connectivity index (χ2n) is 7.24. The smallest absolute Gasteiger partial charge is 0.493 e. The van der Waals surface area contributed by atoms with Gasteiger partial charge in [-0.1, -0.05) is 12.1 Å². The van der Waals surface area contributed by atoms with Crippen LogP contribution in [0.4, 0.5) is 4.39 Å². The summed E-state index contributed by atoms with van der Waals surface area (Å²) in [6.45, 7) is -1.98. The number of phosphoric acid groups is 1. The minimum Gasteiger partial charge on any atom is -0.493 e. The molecule has 4 rings (SSSR count). The molecule has 1 fully saturated rings. The number of aromatic nitrogens is 2. The predicted octanol–water partition coefficient (Wildman–Crippen LogP) is 1.06. The van der Waals surface area contributed by atoms with Crippen molar-refractivity contribution in [1.82, 2.24) is 9.55 Å². The van der Waals surface area contributed by atoms with Gasteiger partial charge in [0.2, 0.25) is 0 Å². The Morgan fingerprint density at radius 2 is 2.18 bits per heavy atom. The van der Waals surface area contributed by atoms with E-state index < -0.39 is 50.9 Å². The van der Waals surface area contributed by atoms with E-state index in [1.807, 2.05) is 0 Å². The zero-order valence-electron chi connectivity index (χ0n) is 17.0. The van der Waals surface area contributed by atoms with Crippen LogP contribution in [0.5, 0.6) is 11.5 Å². The van der Waals surface area contributed by atoms with Gasteiger partial charge in [0.05, 0.1) is 25.9 Å². The van der Waals surface area contributed by atoms with E-state index in [0.717, 1.165) is 10.8 Å². The summed E-state index contributed by atoms with van der Waals surface area (Å²) in [5.74, 6) is -2.70. The molecule has 4 N–H and O–H groups in total. The third-order valence-corrected chi connectivity index (χ3v) is 6.75. The fourth-order valence-corrected chi connectivity index (χ4v) is 4.87. The van der Waals surface area contributed by atoms with Crippen molar-refractivity contribution < 1.29 is 47.3 Å². The maximum Gasteiger partial charge on any atom is 0.530 e. The van der Waals surface area contributed by atoms with Crippen molar-refractivity contribution in [2.75, 3.05) is 13.7 Å². The molecule has 2 aliphatic rings. The fourth-order valence-electron chi connectivity index (χ4n) is 3.38. The maximum absolute atomic E-state index is 15.5. The summed E-state index contributed by atoms with van der Waals surface area (Å²) in [4.78, 5) is 14.0. The number of alkyl halides is 1. The van der Waals surface area contributed by atoms with Crippen LogP contribution in [-0.4, -0.2) is 56.7 Å². The van der Waals surface area contributed by atoms with Crippen LogP contribution in [0.15, 0.2) is 29.2 Å². The average Bonchev–Trinajstić information content (AvgIpc) is 3.02. The van der Waals surface area contributed by atoms with Crippen molar-refractivity contribution in [2.24, 2.45) is 0 Å². The maximum atomic E-state index is 15.5. The highest BCUT2D eigenvalue weighted by Crippen LogP contribution is 2.57. The summed E-state index contributed by atoms with van der Waals surface area (Å²) < 4.78 is 54.9. The monoisotopic (exact) mass is 506 g/mol. The van der Waals surface area contributed by atoms with Crippen LogP contribution in [0.3, 0.4) is 0 Å². The summed E-state index contributed by atoms with van der Waals surface area (Å²) in [6.07, 6.45) is -4.56. The molecule has 1 saturated heterocycles. The topological polar surface area (TPSA) is 162 Å². The van der Waals surface area contributed by atoms with Crippen LogP contribution in [0.1, 0.15) is 17.4 Å². The molecule has 0 spiro atoms. The Morgan fingerprint density at radius 3 is 2.88 bits per heavy atom. The number of hydrogen-bond donors (Lipinski definition) is 4. The summed E-state index contributed by atoms with van der Waals surface area (Å²) in [7, 11) is -2.97. The van der Waals surface area contributed by atoms with Crippen molar-refractivity contribution >= 4 is 20.0 Å². The van der Waals surface area contributed by atoms with E-state index >= 15 is 4.39 Å². The van der Waals surface area contributed by atoms with Crippen molar-refractivity contribution in [3.05, 3.63) is 50.6 Å². The predicted molar refractivity (Wildman–Crippen MR) is 110 cm³/mol. The Kier molecular flexibility index (Phi) is 6.46. The molecule has 2 aromatic rings. The summed E-state index contributed by atoms with van der Waals surface area (Å²) in [5.41, 5.74) is -0.288. The number of fused-ring (bicyclic) bond motifs is 1. The Balaban J connectivity index is 1.54. The molecule has 180 valence electrons. The molecule has 3 heterocycles. The molecule has 0 radical (unpaired) electrons. The molecule has 0 bridgehead atoms. The molecular weight excluding hydrogens is 486 g/mol. The van der Waals surface area contributed by atoms with Crippen molar-refractivity contribution in [3.63, 3.8) is 0 Å². The van der Waals surface area contributed by atoms with Gasteiger partial charge in [0.15, 0.2) is 22.5 Å². The van der Waals surface area contributed by atoms with Gasteiger partial charge in [0.1, 0.15) is 18.8 Å². The molecule has 1 aromatic heterocycles. The number of H-pyrrole nitrogens is 1. The number of ether oxygens (including phenoxy) is 2. The van der Waals surface area contributed by atoms with E-state index in [-0.39, 0.29) is 28.4 Å². The normalized spacial score (nSPS) is 31.1. The van der Waals surface area contributed by atoms with Crippen molar-refractivity contribution in [2.45, 2.75) is 37.5 Å². The number of para-hydroxylation sites is 1. The summed E-state index contributed by atoms with van der Waals surface area (Å²) in [5, 5.41) is 29.9. The van der Waals surface area contributed by atoms with Gasteiger partial charge in [-0.3, -0.25) is 23.4 Å². The molecule has 5 atom stereocenters. The first-order chi connectivity index (χ1) is 15.6. The fraction of sp³-hybridized carbons (Fsp3) is 0.444. The Hall–Kier alpha value is -2.16. The molecule has 12 nitrogen and oxygen atoms in total. The Labute approximate surface area is 190 Å². The lowest BCUT2D eigenvalue weighted by atomic mass is 10.1. The van der Waals surface area contributed by atoms with E-state index in [0.29, 0.717) is 5.56 Å². The van der Waals surface area contributed by atoms with Crippen LogP contribution >= 0.6 is 20.0 Å². The molecule has 0 amide bonds. The lowest BCUT2D eigenvalue weighted by molar-refractivity contribution is -0.205. The van der Waals surface area contributed by atoms with Crippen LogP contribution in [-0.2, 0) is 31.6 Å². The number of aliphatic hydroxyl groups is 3. The van der Waals surface area contributed by atoms with Gasteiger partial charge in [-0.15, -0.1) is 0 Å². The number of benzene rings is 1. The number of phosphoric ester groups is 1. The molecule has 0 aliphatic carbocycles. The first kappa shape index (κ1) is 24.0. The minimum absolute atomic E-state index is 0.101. The number of nitrogens with zero attached hydrogens (tertiary/aromatic N) is 1. The van der Waals surface area contributed by atoms with Crippen LogP contribution < -0.4 is 14.8 Å². The second-order valence-corrected chi connectivity index (χ2v) is 9.22. The van der Waals surface area contributed by atoms with Gasteiger partial charge >= 0.3 is 7.82 Å². The van der Waals surface area contributed by atoms with E-state index in [1.165, 1.54) is 7.11 Å². The number of hydrogen-bond acceptors (Lipinski definition) is 11. The van der Waals surface area contributed by atoms with Gasteiger partial charge in [0, 0.05) is 11.8 Å². The second kappa shape index (κ2) is 8.89. The highest BCUT2D eigenvalue weighted by molar-refractivity contribution is 7.71. The first-order valence-electron chi connectivity index (χ1n) is 9.53. The molecular formula is C18H20FN2O10PS. The minimum atomic E-state index is -4.35. The number of aromatic amines is 1. The third kappa shape index (κ3) is 4.36. The molecule has 15 heteroatoms. The van der Waals surface area contributed by atoms with E-state index in [1.54, 1.807) is 18.2 Å². The number of rotatable bonds is 6. The van der Waals surface area contributed by atoms with Crippen molar-refractivity contribution in [3.8, 4) is 11.5 Å². The summed E-state index contributed by atoms with van der Waals surface area (Å²) in [6, 6.07) is 4.88. The van der Waals surface area contributed by atoms with Gasteiger partial charge in [-0.25, -0.2) is 8.96 Å². The Bertz CT molecular complexity index is 1210. The van der Waals surface area contributed by atoms with E-state index in [2.05, 4.69) is 4.98 Å². The summed E-state index contributed by atoms with van der Waals surface area (Å²) >= 11 is 5.00. The van der Waals surface area contributed by atoms with Crippen LogP contribution in [0, 0.1) is 4.77 Å². The van der Waals surface area contributed by atoms with Gasteiger partial charge in [0.25, 0.3) is 11.4 Å².